The van der Waals surface area contributed by atoms with E-state index in [0.717, 1.165) is 11.1 Å². The first kappa shape index (κ1) is 20.8. The summed E-state index contributed by atoms with van der Waals surface area (Å²) in [5.41, 5.74) is 4.13. The summed E-state index contributed by atoms with van der Waals surface area (Å²) in [4.78, 5) is 25.9. The number of ether oxygens (including phenoxy) is 1. The first-order valence-electron chi connectivity index (χ1n) is 9.34. The van der Waals surface area contributed by atoms with E-state index in [0.29, 0.717) is 39.2 Å². The largest absolute Gasteiger partial charge is 0.492 e. The van der Waals surface area contributed by atoms with Crippen LogP contribution in [0.3, 0.4) is 0 Å². The van der Waals surface area contributed by atoms with Gasteiger partial charge >= 0.3 is 0 Å². The molecule has 5 heteroatoms. The van der Waals surface area contributed by atoms with Crippen LogP contribution in [0.25, 0.3) is 0 Å². The van der Waals surface area contributed by atoms with Gasteiger partial charge in [-0.2, -0.15) is 0 Å². The van der Waals surface area contributed by atoms with Gasteiger partial charge < -0.3 is 10.1 Å². The Morgan fingerprint density at radius 1 is 0.897 bits per heavy atom. The monoisotopic (exact) mass is 451 g/mol. The van der Waals surface area contributed by atoms with Crippen LogP contribution >= 0.6 is 15.9 Å². The average molecular weight is 452 g/mol. The lowest BCUT2D eigenvalue weighted by Crippen LogP contribution is -2.14. The molecule has 0 aliphatic carbocycles. The van der Waals surface area contributed by atoms with E-state index in [4.69, 9.17) is 4.74 Å². The molecule has 0 heterocycles. The van der Waals surface area contributed by atoms with Gasteiger partial charge in [0.15, 0.2) is 5.78 Å². The quantitative estimate of drug-likeness (QED) is 0.471. The van der Waals surface area contributed by atoms with Crippen LogP contribution in [0, 0.1) is 13.8 Å². The molecular formula is C24H22BrNO3. The van der Waals surface area contributed by atoms with Gasteiger partial charge in [-0.15, -0.1) is 0 Å². The second kappa shape index (κ2) is 9.05. The van der Waals surface area contributed by atoms with Gasteiger partial charge in [-0.1, -0.05) is 47.5 Å². The van der Waals surface area contributed by atoms with Crippen molar-refractivity contribution in [2.75, 3.05) is 11.9 Å². The van der Waals surface area contributed by atoms with Crippen molar-refractivity contribution in [3.05, 3.63) is 93.0 Å². The maximum atomic E-state index is 13.1. The lowest BCUT2D eigenvalue weighted by Gasteiger charge is -2.14. The van der Waals surface area contributed by atoms with E-state index in [1.807, 2.05) is 57.2 Å². The second-order valence-corrected chi connectivity index (χ2v) is 7.64. The lowest BCUT2D eigenvalue weighted by molar-refractivity contribution is 0.102. The minimum atomic E-state index is -0.296. The summed E-state index contributed by atoms with van der Waals surface area (Å²) in [5.74, 6) is -0.0559. The summed E-state index contributed by atoms with van der Waals surface area (Å²) >= 11 is 3.46. The van der Waals surface area contributed by atoms with Crippen LogP contribution in [0.5, 0.6) is 5.75 Å². The van der Waals surface area contributed by atoms with Crippen LogP contribution in [0.4, 0.5) is 5.69 Å². The van der Waals surface area contributed by atoms with Crippen LogP contribution in [0.1, 0.15) is 44.3 Å². The van der Waals surface area contributed by atoms with Crippen LogP contribution in [0.2, 0.25) is 0 Å². The van der Waals surface area contributed by atoms with Gasteiger partial charge in [0.2, 0.25) is 0 Å². The number of carbonyl (C=O) groups excluding carboxylic acids is 2. The molecule has 0 atom stereocenters. The highest BCUT2D eigenvalue weighted by Crippen LogP contribution is 2.33. The van der Waals surface area contributed by atoms with Crippen molar-refractivity contribution in [1.82, 2.24) is 0 Å². The SMILES string of the molecule is CCOc1c(Br)cc(C(=O)Nc2ccc(C)cc2)cc1C(=O)c1ccc(C)cc1. The molecule has 0 radical (unpaired) electrons. The Kier molecular flexibility index (Phi) is 6.49. The van der Waals surface area contributed by atoms with E-state index in [1.54, 1.807) is 24.3 Å². The number of nitrogens with one attached hydrogen (secondary N) is 1. The summed E-state index contributed by atoms with van der Waals surface area (Å²) in [6, 6.07) is 18.1. The topological polar surface area (TPSA) is 55.4 Å². The van der Waals surface area contributed by atoms with Gasteiger partial charge in [0.05, 0.1) is 16.6 Å². The number of amides is 1. The summed E-state index contributed by atoms with van der Waals surface area (Å²) in [6.07, 6.45) is 0. The summed E-state index contributed by atoms with van der Waals surface area (Å²) in [7, 11) is 0. The Hall–Kier alpha value is -2.92. The fraction of sp³-hybridized carbons (Fsp3) is 0.167. The van der Waals surface area contributed by atoms with Gasteiger partial charge in [0.25, 0.3) is 5.91 Å². The molecule has 1 N–H and O–H groups in total. The molecule has 3 aromatic rings. The van der Waals surface area contributed by atoms with Gasteiger partial charge in [-0.25, -0.2) is 0 Å². The molecule has 0 saturated heterocycles. The summed E-state index contributed by atoms with van der Waals surface area (Å²) in [6.45, 7) is 6.21. The molecule has 3 aromatic carbocycles. The maximum Gasteiger partial charge on any atom is 0.255 e. The number of anilines is 1. The molecule has 29 heavy (non-hydrogen) atoms. The number of carbonyl (C=O) groups is 2. The Bertz CT molecular complexity index is 1040. The van der Waals surface area contributed by atoms with Crippen molar-refractivity contribution in [3.8, 4) is 5.75 Å². The number of halogens is 1. The molecule has 0 bridgehead atoms. The summed E-state index contributed by atoms with van der Waals surface area (Å²) in [5, 5.41) is 2.87. The zero-order valence-electron chi connectivity index (χ0n) is 16.6. The fourth-order valence-electron chi connectivity index (χ4n) is 2.88. The van der Waals surface area contributed by atoms with Crippen molar-refractivity contribution in [2.45, 2.75) is 20.8 Å². The highest BCUT2D eigenvalue weighted by Gasteiger charge is 2.21. The van der Waals surface area contributed by atoms with Crippen molar-refractivity contribution in [2.24, 2.45) is 0 Å². The average Bonchev–Trinajstić information content (AvgIpc) is 2.71. The number of ketones is 1. The highest BCUT2D eigenvalue weighted by atomic mass is 79.9. The molecule has 0 aliphatic rings. The van der Waals surface area contributed by atoms with Gasteiger partial charge in [0.1, 0.15) is 5.75 Å². The first-order chi connectivity index (χ1) is 13.9. The van der Waals surface area contributed by atoms with E-state index in [1.165, 1.54) is 0 Å². The molecule has 0 spiro atoms. The Morgan fingerprint density at radius 3 is 2.07 bits per heavy atom. The number of hydrogen-bond acceptors (Lipinski definition) is 3. The third kappa shape index (κ3) is 4.93. The van der Waals surface area contributed by atoms with Gasteiger partial charge in [0, 0.05) is 16.8 Å². The predicted octanol–water partition coefficient (Wildman–Crippen LogP) is 5.95. The predicted molar refractivity (Wildman–Crippen MR) is 119 cm³/mol. The molecular weight excluding hydrogens is 430 g/mol. The summed E-state index contributed by atoms with van der Waals surface area (Å²) < 4.78 is 6.26. The van der Waals surface area contributed by atoms with Gasteiger partial charge in [-0.05, 0) is 61.0 Å². The minimum Gasteiger partial charge on any atom is -0.492 e. The molecule has 0 aromatic heterocycles. The first-order valence-corrected chi connectivity index (χ1v) is 10.1. The van der Waals surface area contributed by atoms with E-state index in [2.05, 4.69) is 21.2 Å². The van der Waals surface area contributed by atoms with Crippen LogP contribution in [-0.4, -0.2) is 18.3 Å². The van der Waals surface area contributed by atoms with Crippen molar-refractivity contribution in [1.29, 1.82) is 0 Å². The molecule has 0 saturated carbocycles. The van der Waals surface area contributed by atoms with Crippen molar-refractivity contribution in [3.63, 3.8) is 0 Å². The van der Waals surface area contributed by atoms with Crippen LogP contribution < -0.4 is 10.1 Å². The minimum absolute atomic E-state index is 0.195. The maximum absolute atomic E-state index is 13.1. The normalized spacial score (nSPS) is 10.5. The van der Waals surface area contributed by atoms with Gasteiger partial charge in [-0.3, -0.25) is 9.59 Å². The second-order valence-electron chi connectivity index (χ2n) is 6.78. The van der Waals surface area contributed by atoms with E-state index >= 15 is 0 Å². The van der Waals surface area contributed by atoms with Crippen LogP contribution in [0.15, 0.2) is 65.1 Å². The highest BCUT2D eigenvalue weighted by molar-refractivity contribution is 9.10. The number of rotatable bonds is 6. The molecule has 1 amide bonds. The number of benzene rings is 3. The third-order valence-corrected chi connectivity index (χ3v) is 5.05. The molecule has 3 rings (SSSR count). The molecule has 4 nitrogen and oxygen atoms in total. The number of hydrogen-bond donors (Lipinski definition) is 1. The standard InChI is InChI=1S/C24H22BrNO3/c1-4-29-23-20(22(27)17-9-5-15(2)6-10-17)13-18(14-21(23)25)24(28)26-19-11-7-16(3)8-12-19/h5-14H,4H2,1-3H3,(H,26,28). The van der Waals surface area contributed by atoms with E-state index in [-0.39, 0.29) is 11.7 Å². The van der Waals surface area contributed by atoms with Crippen molar-refractivity contribution >= 4 is 33.3 Å². The zero-order chi connectivity index (χ0) is 21.0. The Balaban J connectivity index is 1.99. The number of aryl methyl sites for hydroxylation is 2. The molecule has 0 aliphatic heterocycles. The smallest absolute Gasteiger partial charge is 0.255 e. The Labute approximate surface area is 179 Å². The third-order valence-electron chi connectivity index (χ3n) is 4.46. The van der Waals surface area contributed by atoms with E-state index < -0.39 is 0 Å². The van der Waals surface area contributed by atoms with Crippen LogP contribution in [-0.2, 0) is 0 Å². The zero-order valence-corrected chi connectivity index (χ0v) is 18.2. The van der Waals surface area contributed by atoms with E-state index in [9.17, 15) is 9.59 Å². The fourth-order valence-corrected chi connectivity index (χ4v) is 3.46. The van der Waals surface area contributed by atoms with Crippen molar-refractivity contribution < 1.29 is 14.3 Å². The molecule has 0 unspecified atom stereocenters. The Morgan fingerprint density at radius 2 is 1.48 bits per heavy atom. The molecule has 148 valence electrons. The molecule has 0 fully saturated rings. The lowest BCUT2D eigenvalue weighted by atomic mass is 9.99.